The maximum absolute atomic E-state index is 12.4. The first-order chi connectivity index (χ1) is 11.1. The number of benzene rings is 1. The Labute approximate surface area is 139 Å². The molecule has 0 saturated carbocycles. The summed E-state index contributed by atoms with van der Waals surface area (Å²) in [6.07, 6.45) is 3.50. The van der Waals surface area contributed by atoms with Crippen molar-refractivity contribution in [2.45, 2.75) is 19.3 Å². The highest BCUT2D eigenvalue weighted by molar-refractivity contribution is 7.12. The molecule has 0 spiro atoms. The highest BCUT2D eigenvalue weighted by Gasteiger charge is 2.18. The van der Waals surface area contributed by atoms with Crippen LogP contribution in [0.25, 0.3) is 0 Å². The molecule has 6 heteroatoms. The lowest BCUT2D eigenvalue weighted by molar-refractivity contribution is 0.0996. The number of nitrogens with one attached hydrogen (secondary N) is 1. The monoisotopic (exact) mass is 329 g/mol. The first-order valence-electron chi connectivity index (χ1n) is 7.69. The van der Waals surface area contributed by atoms with Gasteiger partial charge in [-0.05, 0) is 48.9 Å². The predicted molar refractivity (Wildman–Crippen MR) is 93.3 cm³/mol. The van der Waals surface area contributed by atoms with E-state index in [1.54, 1.807) is 18.2 Å². The van der Waals surface area contributed by atoms with Gasteiger partial charge in [0, 0.05) is 18.7 Å². The molecule has 0 radical (unpaired) electrons. The molecule has 120 valence electrons. The summed E-state index contributed by atoms with van der Waals surface area (Å²) in [6.45, 7) is 1.91. The molecule has 0 unspecified atom stereocenters. The molecule has 3 N–H and O–H groups in total. The van der Waals surface area contributed by atoms with Crippen LogP contribution in [0.1, 0.15) is 39.3 Å². The average Bonchev–Trinajstić information content (AvgIpc) is 3.10. The fourth-order valence-corrected chi connectivity index (χ4v) is 3.41. The number of nitrogens with zero attached hydrogens (tertiary/aromatic N) is 1. The molecular formula is C17H19N3O2S. The van der Waals surface area contributed by atoms with E-state index in [0.29, 0.717) is 16.1 Å². The molecular weight excluding hydrogens is 310 g/mol. The molecule has 0 atom stereocenters. The predicted octanol–water partition coefficient (Wildman–Crippen LogP) is 3.09. The maximum Gasteiger partial charge on any atom is 0.265 e. The minimum Gasteiger partial charge on any atom is -0.370 e. The number of anilines is 2. The lowest BCUT2D eigenvalue weighted by Gasteiger charge is -2.30. The Morgan fingerprint density at radius 1 is 1.13 bits per heavy atom. The summed E-state index contributed by atoms with van der Waals surface area (Å²) in [5.41, 5.74) is 7.35. The van der Waals surface area contributed by atoms with Crippen LogP contribution < -0.4 is 16.0 Å². The van der Waals surface area contributed by atoms with Crippen molar-refractivity contribution in [2.75, 3.05) is 23.3 Å². The Hall–Kier alpha value is -2.34. The molecule has 1 fully saturated rings. The zero-order valence-electron chi connectivity index (χ0n) is 12.7. The van der Waals surface area contributed by atoms with Gasteiger partial charge in [-0.15, -0.1) is 11.3 Å². The van der Waals surface area contributed by atoms with Gasteiger partial charge in [-0.2, -0.15) is 0 Å². The SMILES string of the molecule is NC(=O)c1ccc(N2CCCCC2)c(NC(=O)c2cccs2)c1. The van der Waals surface area contributed by atoms with Gasteiger partial charge in [-0.3, -0.25) is 9.59 Å². The summed E-state index contributed by atoms with van der Waals surface area (Å²) in [7, 11) is 0. The van der Waals surface area contributed by atoms with Gasteiger partial charge in [0.1, 0.15) is 0 Å². The third kappa shape index (κ3) is 3.53. The molecule has 1 saturated heterocycles. The van der Waals surface area contributed by atoms with E-state index in [2.05, 4.69) is 10.2 Å². The first-order valence-corrected chi connectivity index (χ1v) is 8.57. The van der Waals surface area contributed by atoms with Gasteiger partial charge in [0.25, 0.3) is 5.91 Å². The third-order valence-electron chi connectivity index (χ3n) is 3.97. The molecule has 0 bridgehead atoms. The van der Waals surface area contributed by atoms with E-state index in [1.165, 1.54) is 17.8 Å². The van der Waals surface area contributed by atoms with Crippen molar-refractivity contribution in [3.63, 3.8) is 0 Å². The number of hydrogen-bond donors (Lipinski definition) is 2. The van der Waals surface area contributed by atoms with E-state index in [1.807, 2.05) is 17.5 Å². The number of primary amides is 1. The Morgan fingerprint density at radius 3 is 2.57 bits per heavy atom. The molecule has 2 aromatic rings. The summed E-state index contributed by atoms with van der Waals surface area (Å²) in [4.78, 5) is 26.7. The Morgan fingerprint density at radius 2 is 1.91 bits per heavy atom. The summed E-state index contributed by atoms with van der Waals surface area (Å²) in [6, 6.07) is 8.86. The molecule has 3 rings (SSSR count). The molecule has 1 aliphatic rings. The van der Waals surface area contributed by atoms with Gasteiger partial charge in [-0.25, -0.2) is 0 Å². The van der Waals surface area contributed by atoms with Crippen molar-refractivity contribution in [1.29, 1.82) is 0 Å². The van der Waals surface area contributed by atoms with E-state index in [9.17, 15) is 9.59 Å². The maximum atomic E-state index is 12.4. The Kier molecular flexibility index (Phi) is 4.62. The quantitative estimate of drug-likeness (QED) is 0.905. The second-order valence-corrected chi connectivity index (χ2v) is 6.52. The van der Waals surface area contributed by atoms with Crippen molar-refractivity contribution in [3.05, 3.63) is 46.2 Å². The van der Waals surface area contributed by atoms with Crippen molar-refractivity contribution in [3.8, 4) is 0 Å². The lowest BCUT2D eigenvalue weighted by Crippen LogP contribution is -2.30. The number of carbonyl (C=O) groups excluding carboxylic acids is 2. The van der Waals surface area contributed by atoms with Gasteiger partial charge in [-0.1, -0.05) is 6.07 Å². The molecule has 2 amide bonds. The molecule has 1 aromatic heterocycles. The van der Waals surface area contributed by atoms with Gasteiger partial charge < -0.3 is 16.0 Å². The molecule has 0 aliphatic carbocycles. The number of carbonyl (C=O) groups is 2. The van der Waals surface area contributed by atoms with Gasteiger partial charge in [0.2, 0.25) is 5.91 Å². The highest BCUT2D eigenvalue weighted by Crippen LogP contribution is 2.30. The minimum absolute atomic E-state index is 0.167. The fourth-order valence-electron chi connectivity index (χ4n) is 2.79. The Bertz CT molecular complexity index is 707. The average molecular weight is 329 g/mol. The zero-order chi connectivity index (χ0) is 16.2. The standard InChI is InChI=1S/C17H19N3O2S/c18-16(21)12-6-7-14(20-8-2-1-3-9-20)13(11-12)19-17(22)15-5-4-10-23-15/h4-7,10-11H,1-3,8-9H2,(H2,18,21)(H,19,22). The van der Waals surface area contributed by atoms with Crippen LogP contribution in [0.4, 0.5) is 11.4 Å². The second-order valence-electron chi connectivity index (χ2n) is 5.58. The van der Waals surface area contributed by atoms with Crippen molar-refractivity contribution < 1.29 is 9.59 Å². The van der Waals surface area contributed by atoms with Crippen LogP contribution in [-0.4, -0.2) is 24.9 Å². The molecule has 23 heavy (non-hydrogen) atoms. The van der Waals surface area contributed by atoms with Gasteiger partial charge >= 0.3 is 0 Å². The normalized spacial score (nSPS) is 14.5. The van der Waals surface area contributed by atoms with Crippen LogP contribution in [0.15, 0.2) is 35.7 Å². The van der Waals surface area contributed by atoms with Crippen molar-refractivity contribution in [2.24, 2.45) is 5.73 Å². The number of nitrogens with two attached hydrogens (primary N) is 1. The van der Waals surface area contributed by atoms with Crippen LogP contribution >= 0.6 is 11.3 Å². The second kappa shape index (κ2) is 6.83. The molecule has 5 nitrogen and oxygen atoms in total. The van der Waals surface area contributed by atoms with Crippen LogP contribution in [0.2, 0.25) is 0 Å². The number of rotatable bonds is 4. The van der Waals surface area contributed by atoms with E-state index in [0.717, 1.165) is 31.6 Å². The molecule has 2 heterocycles. The van der Waals surface area contributed by atoms with Gasteiger partial charge in [0.15, 0.2) is 0 Å². The van der Waals surface area contributed by atoms with Crippen LogP contribution in [0.5, 0.6) is 0 Å². The smallest absolute Gasteiger partial charge is 0.265 e. The van der Waals surface area contributed by atoms with Crippen LogP contribution in [-0.2, 0) is 0 Å². The van der Waals surface area contributed by atoms with Crippen molar-refractivity contribution in [1.82, 2.24) is 0 Å². The fraction of sp³-hybridized carbons (Fsp3) is 0.294. The topological polar surface area (TPSA) is 75.4 Å². The number of piperidine rings is 1. The minimum atomic E-state index is -0.498. The van der Waals surface area contributed by atoms with Crippen LogP contribution in [0, 0.1) is 0 Å². The summed E-state index contributed by atoms with van der Waals surface area (Å²) in [5, 5.41) is 4.79. The van der Waals surface area contributed by atoms with Crippen LogP contribution in [0.3, 0.4) is 0 Å². The van der Waals surface area contributed by atoms with Crippen molar-refractivity contribution >= 4 is 34.5 Å². The molecule has 1 aliphatic heterocycles. The first kappa shape index (κ1) is 15.6. The number of hydrogen-bond acceptors (Lipinski definition) is 4. The summed E-state index contributed by atoms with van der Waals surface area (Å²) < 4.78 is 0. The highest BCUT2D eigenvalue weighted by atomic mass is 32.1. The van der Waals surface area contributed by atoms with E-state index in [4.69, 9.17) is 5.73 Å². The summed E-state index contributed by atoms with van der Waals surface area (Å²) in [5.74, 6) is -0.665. The van der Waals surface area contributed by atoms with E-state index in [-0.39, 0.29) is 5.91 Å². The number of amides is 2. The number of thiophene rings is 1. The largest absolute Gasteiger partial charge is 0.370 e. The van der Waals surface area contributed by atoms with Gasteiger partial charge in [0.05, 0.1) is 16.3 Å². The van der Waals surface area contributed by atoms with E-state index >= 15 is 0 Å². The third-order valence-corrected chi connectivity index (χ3v) is 4.84. The zero-order valence-corrected chi connectivity index (χ0v) is 13.6. The lowest BCUT2D eigenvalue weighted by atomic mass is 10.1. The Balaban J connectivity index is 1.92. The van der Waals surface area contributed by atoms with E-state index < -0.39 is 5.91 Å². The molecule has 1 aromatic carbocycles. The summed E-state index contributed by atoms with van der Waals surface area (Å²) >= 11 is 1.38.